The number of aromatic nitrogens is 3. The number of hydrogen-bond donors (Lipinski definition) is 1. The Labute approximate surface area is 141 Å². The van der Waals surface area contributed by atoms with Crippen molar-refractivity contribution < 1.29 is 0 Å². The van der Waals surface area contributed by atoms with Crippen molar-refractivity contribution in [2.24, 2.45) is 5.92 Å². The van der Waals surface area contributed by atoms with Crippen LogP contribution in [0.15, 0.2) is 16.6 Å². The van der Waals surface area contributed by atoms with Gasteiger partial charge in [0.1, 0.15) is 5.82 Å². The Morgan fingerprint density at radius 1 is 1.36 bits per heavy atom. The number of nitrogens with zero attached hydrogens (tertiary/aromatic N) is 3. The molecule has 122 valence electrons. The SMILES string of the molecule is CSc1nnc(CCCNCc2sccc2C)n1CC(C)C. The zero-order valence-electron chi connectivity index (χ0n) is 13.9. The molecule has 0 radical (unpaired) electrons. The smallest absolute Gasteiger partial charge is 0.190 e. The molecule has 6 heteroatoms. The van der Waals surface area contributed by atoms with Crippen LogP contribution in [-0.4, -0.2) is 27.6 Å². The average molecular weight is 339 g/mol. The van der Waals surface area contributed by atoms with Gasteiger partial charge in [-0.25, -0.2) is 0 Å². The highest BCUT2D eigenvalue weighted by molar-refractivity contribution is 7.98. The summed E-state index contributed by atoms with van der Waals surface area (Å²) >= 11 is 3.50. The van der Waals surface area contributed by atoms with E-state index in [4.69, 9.17) is 0 Å². The van der Waals surface area contributed by atoms with Gasteiger partial charge in [0.05, 0.1) is 0 Å². The molecule has 0 aromatic carbocycles. The van der Waals surface area contributed by atoms with Crippen molar-refractivity contribution in [1.29, 1.82) is 0 Å². The molecule has 2 aromatic heterocycles. The van der Waals surface area contributed by atoms with E-state index in [1.54, 1.807) is 11.8 Å². The minimum Gasteiger partial charge on any atom is -0.312 e. The summed E-state index contributed by atoms with van der Waals surface area (Å²) in [5, 5.41) is 15.4. The van der Waals surface area contributed by atoms with Crippen LogP contribution in [0.3, 0.4) is 0 Å². The highest BCUT2D eigenvalue weighted by Crippen LogP contribution is 2.17. The summed E-state index contributed by atoms with van der Waals surface area (Å²) in [6, 6.07) is 2.18. The monoisotopic (exact) mass is 338 g/mol. The van der Waals surface area contributed by atoms with Crippen LogP contribution in [0, 0.1) is 12.8 Å². The molecule has 0 amide bonds. The fraction of sp³-hybridized carbons (Fsp3) is 0.625. The minimum atomic E-state index is 0.612. The molecule has 0 aliphatic rings. The van der Waals surface area contributed by atoms with Gasteiger partial charge in [0.2, 0.25) is 0 Å². The number of nitrogens with one attached hydrogen (secondary N) is 1. The Morgan fingerprint density at radius 2 is 2.18 bits per heavy atom. The maximum absolute atomic E-state index is 4.37. The van der Waals surface area contributed by atoms with Gasteiger partial charge in [-0.2, -0.15) is 0 Å². The molecule has 0 aliphatic heterocycles. The first-order valence-corrected chi connectivity index (χ1v) is 9.92. The zero-order valence-corrected chi connectivity index (χ0v) is 15.6. The van der Waals surface area contributed by atoms with Gasteiger partial charge in [-0.1, -0.05) is 25.6 Å². The molecule has 0 aliphatic carbocycles. The summed E-state index contributed by atoms with van der Waals surface area (Å²) in [6.07, 6.45) is 4.14. The van der Waals surface area contributed by atoms with Crippen LogP contribution in [0.25, 0.3) is 0 Å². The Hall–Kier alpha value is -0.850. The minimum absolute atomic E-state index is 0.612. The molecule has 0 bridgehead atoms. The molecular formula is C16H26N4S2. The molecule has 0 saturated heterocycles. The molecule has 0 fully saturated rings. The standard InChI is InChI=1S/C16H26N4S2/c1-12(2)11-20-15(18-19-16(20)21-4)6-5-8-17-10-14-13(3)7-9-22-14/h7,9,12,17H,5-6,8,10-11H2,1-4H3. The largest absolute Gasteiger partial charge is 0.312 e. The van der Waals surface area contributed by atoms with Crippen molar-refractivity contribution in [3.63, 3.8) is 0 Å². The van der Waals surface area contributed by atoms with E-state index in [0.717, 1.165) is 43.5 Å². The second kappa shape index (κ2) is 8.70. The molecule has 0 spiro atoms. The van der Waals surface area contributed by atoms with Crippen LogP contribution in [0.4, 0.5) is 0 Å². The van der Waals surface area contributed by atoms with Gasteiger partial charge >= 0.3 is 0 Å². The van der Waals surface area contributed by atoms with Gasteiger partial charge in [-0.15, -0.1) is 21.5 Å². The van der Waals surface area contributed by atoms with E-state index in [0.29, 0.717) is 5.92 Å². The lowest BCUT2D eigenvalue weighted by Gasteiger charge is -2.11. The van der Waals surface area contributed by atoms with Gasteiger partial charge in [0.25, 0.3) is 0 Å². The number of thioether (sulfide) groups is 1. The van der Waals surface area contributed by atoms with E-state index in [2.05, 4.69) is 58.6 Å². The fourth-order valence-corrected chi connectivity index (χ4v) is 3.76. The average Bonchev–Trinajstić information content (AvgIpc) is 3.05. The molecule has 22 heavy (non-hydrogen) atoms. The highest BCUT2D eigenvalue weighted by atomic mass is 32.2. The Balaban J connectivity index is 1.79. The van der Waals surface area contributed by atoms with Crippen molar-refractivity contribution in [3.8, 4) is 0 Å². The van der Waals surface area contributed by atoms with Crippen LogP contribution >= 0.6 is 23.1 Å². The lowest BCUT2D eigenvalue weighted by atomic mass is 10.2. The molecule has 0 unspecified atom stereocenters. The van der Waals surface area contributed by atoms with Crippen LogP contribution in [0.1, 0.15) is 36.5 Å². The topological polar surface area (TPSA) is 42.7 Å². The van der Waals surface area contributed by atoms with Crippen molar-refractivity contribution in [3.05, 3.63) is 27.7 Å². The first-order valence-electron chi connectivity index (χ1n) is 7.81. The molecule has 2 aromatic rings. The Bertz CT molecular complexity index is 574. The van der Waals surface area contributed by atoms with Crippen LogP contribution in [-0.2, 0) is 19.5 Å². The number of hydrogen-bond acceptors (Lipinski definition) is 5. The summed E-state index contributed by atoms with van der Waals surface area (Å²) in [4.78, 5) is 1.44. The van der Waals surface area contributed by atoms with E-state index in [-0.39, 0.29) is 0 Å². The van der Waals surface area contributed by atoms with E-state index in [1.807, 2.05) is 11.3 Å². The molecule has 2 heterocycles. The van der Waals surface area contributed by atoms with Crippen molar-refractivity contribution in [2.45, 2.75) is 51.9 Å². The first kappa shape index (κ1) is 17.5. The van der Waals surface area contributed by atoms with E-state index < -0.39 is 0 Å². The maximum atomic E-state index is 4.37. The summed E-state index contributed by atoms with van der Waals surface area (Å²) in [7, 11) is 0. The Morgan fingerprint density at radius 3 is 2.82 bits per heavy atom. The quantitative estimate of drug-likeness (QED) is 0.558. The molecule has 4 nitrogen and oxygen atoms in total. The molecule has 1 N–H and O–H groups in total. The Kier molecular flexibility index (Phi) is 6.92. The second-order valence-electron chi connectivity index (χ2n) is 5.91. The third-order valence-corrected chi connectivity index (χ3v) is 5.22. The van der Waals surface area contributed by atoms with Crippen molar-refractivity contribution >= 4 is 23.1 Å². The van der Waals surface area contributed by atoms with Crippen LogP contribution in [0.2, 0.25) is 0 Å². The molecular weight excluding hydrogens is 312 g/mol. The lowest BCUT2D eigenvalue weighted by molar-refractivity contribution is 0.476. The predicted octanol–water partition coefficient (Wildman–Crippen LogP) is 3.75. The first-order chi connectivity index (χ1) is 10.6. The third kappa shape index (κ3) is 4.83. The molecule has 0 saturated carbocycles. The normalized spacial score (nSPS) is 11.5. The number of aryl methyl sites for hydroxylation is 2. The van der Waals surface area contributed by atoms with Gasteiger partial charge < -0.3 is 9.88 Å². The van der Waals surface area contributed by atoms with Gasteiger partial charge in [0.15, 0.2) is 5.16 Å². The second-order valence-corrected chi connectivity index (χ2v) is 7.69. The van der Waals surface area contributed by atoms with Crippen LogP contribution < -0.4 is 5.32 Å². The van der Waals surface area contributed by atoms with E-state index >= 15 is 0 Å². The van der Waals surface area contributed by atoms with E-state index in [9.17, 15) is 0 Å². The van der Waals surface area contributed by atoms with E-state index in [1.165, 1.54) is 10.4 Å². The number of thiophene rings is 1. The van der Waals surface area contributed by atoms with Gasteiger partial charge in [-0.3, -0.25) is 0 Å². The van der Waals surface area contributed by atoms with Crippen molar-refractivity contribution in [2.75, 3.05) is 12.8 Å². The summed E-state index contributed by atoms with van der Waals surface area (Å²) in [5.74, 6) is 1.73. The zero-order chi connectivity index (χ0) is 15.9. The van der Waals surface area contributed by atoms with Gasteiger partial charge in [-0.05, 0) is 49.1 Å². The molecule has 0 atom stereocenters. The number of rotatable bonds is 9. The fourth-order valence-electron chi connectivity index (χ4n) is 2.36. The third-order valence-electron chi connectivity index (χ3n) is 3.53. The van der Waals surface area contributed by atoms with Crippen LogP contribution in [0.5, 0.6) is 0 Å². The highest BCUT2D eigenvalue weighted by Gasteiger charge is 2.12. The van der Waals surface area contributed by atoms with Gasteiger partial charge in [0, 0.05) is 24.4 Å². The summed E-state index contributed by atoms with van der Waals surface area (Å²) < 4.78 is 2.28. The summed E-state index contributed by atoms with van der Waals surface area (Å²) in [6.45, 7) is 9.63. The molecule has 2 rings (SSSR count). The summed E-state index contributed by atoms with van der Waals surface area (Å²) in [5.41, 5.74) is 1.39. The maximum Gasteiger partial charge on any atom is 0.190 e. The lowest BCUT2D eigenvalue weighted by Crippen LogP contribution is -2.16. The van der Waals surface area contributed by atoms with Crippen molar-refractivity contribution in [1.82, 2.24) is 20.1 Å². The predicted molar refractivity (Wildman–Crippen MR) is 95.7 cm³/mol.